The molecule has 3 rings (SSSR count). The Morgan fingerprint density at radius 3 is 2.23 bits per heavy atom. The normalized spacial score (nSPS) is 15.5. The summed E-state index contributed by atoms with van der Waals surface area (Å²) in [6.45, 7) is -0.0199. The van der Waals surface area contributed by atoms with Crippen LogP contribution in [0.2, 0.25) is 0 Å². The van der Waals surface area contributed by atoms with E-state index in [4.69, 9.17) is 14.7 Å². The molecule has 0 bridgehead atoms. The molecule has 2 N–H and O–H groups in total. The summed E-state index contributed by atoms with van der Waals surface area (Å²) in [6, 6.07) is 5.58. The molecule has 35 heavy (non-hydrogen) atoms. The third-order valence-corrected chi connectivity index (χ3v) is 7.50. The van der Waals surface area contributed by atoms with Gasteiger partial charge < -0.3 is 14.2 Å². The Morgan fingerprint density at radius 1 is 1.09 bits per heavy atom. The van der Waals surface area contributed by atoms with Gasteiger partial charge in [-0.1, -0.05) is 6.07 Å². The summed E-state index contributed by atoms with van der Waals surface area (Å²) in [5.41, 5.74) is 1.36. The number of nitrogens with one attached hydrogen (secondary N) is 1. The predicted molar refractivity (Wildman–Crippen MR) is 113 cm³/mol. The number of ether oxygens (including phenoxy) is 3. The van der Waals surface area contributed by atoms with Crippen LogP contribution in [0, 0.1) is 5.82 Å². The number of nitrogens with zero attached hydrogens (tertiary/aromatic N) is 1. The van der Waals surface area contributed by atoms with E-state index in [1.165, 1.54) is 31.8 Å². The van der Waals surface area contributed by atoms with E-state index in [9.17, 15) is 30.8 Å². The summed E-state index contributed by atoms with van der Waals surface area (Å²) in [6.07, 6.45) is -4.54. The Kier molecular flexibility index (Phi) is 7.77. The van der Waals surface area contributed by atoms with Crippen LogP contribution >= 0.6 is 0 Å². The fourth-order valence-corrected chi connectivity index (χ4v) is 5.59. The minimum Gasteiger partial charge on any atom is -0.493 e. The molecule has 2 aromatic carbocycles. The van der Waals surface area contributed by atoms with Crippen LogP contribution in [0.4, 0.5) is 17.6 Å². The van der Waals surface area contributed by atoms with Crippen molar-refractivity contribution in [2.75, 3.05) is 27.3 Å². The van der Waals surface area contributed by atoms with Crippen LogP contribution in [-0.2, 0) is 10.0 Å². The molecule has 1 fully saturated rings. The number of amides is 1. The van der Waals surface area contributed by atoms with Crippen molar-refractivity contribution in [2.45, 2.75) is 30.0 Å². The van der Waals surface area contributed by atoms with E-state index in [1.807, 2.05) is 0 Å². The molecular weight excluding hydrogens is 500 g/mol. The Labute approximate surface area is 198 Å². The van der Waals surface area contributed by atoms with Gasteiger partial charge in [0.05, 0.1) is 19.1 Å². The van der Waals surface area contributed by atoms with E-state index in [-0.39, 0.29) is 43.3 Å². The van der Waals surface area contributed by atoms with Gasteiger partial charge in [-0.2, -0.15) is 4.31 Å². The van der Waals surface area contributed by atoms with E-state index in [1.54, 1.807) is 0 Å². The summed E-state index contributed by atoms with van der Waals surface area (Å²) in [5.74, 6) is -3.69. The highest BCUT2D eigenvalue weighted by Crippen LogP contribution is 2.38. The number of methoxy groups -OCH3 is 2. The highest BCUT2D eigenvalue weighted by molar-refractivity contribution is 7.89. The number of carbonyl (C=O) groups excluding carboxylic acids is 1. The van der Waals surface area contributed by atoms with Gasteiger partial charge in [0.15, 0.2) is 23.1 Å². The maximum atomic E-state index is 14.1. The van der Waals surface area contributed by atoms with Crippen LogP contribution in [0.3, 0.4) is 0 Å². The molecule has 9 nitrogen and oxygen atoms in total. The number of halogens is 4. The Morgan fingerprint density at radius 2 is 1.71 bits per heavy atom. The number of hydrogen-bond acceptors (Lipinski definition) is 7. The second-order valence-electron chi connectivity index (χ2n) is 7.53. The number of hydroxylamine groups is 1. The van der Waals surface area contributed by atoms with E-state index < -0.39 is 44.3 Å². The van der Waals surface area contributed by atoms with Crippen LogP contribution in [0.15, 0.2) is 35.2 Å². The Bertz CT molecular complexity index is 1200. The standard InChI is InChI=1S/C21H22F4N2O7S/c1-32-16-5-6-17(18(19(16)33-2)20(28)26-29)35(30,31)27-9-7-12(8-10-27)13-3-4-15(14(22)11-13)34-21(23,24)25/h3-6,11-12,29H,7-10H2,1-2H3,(H,26,28). The van der Waals surface area contributed by atoms with Crippen LogP contribution in [-0.4, -0.2) is 57.5 Å². The molecule has 0 aromatic heterocycles. The first-order valence-corrected chi connectivity index (χ1v) is 11.6. The molecule has 1 saturated heterocycles. The zero-order valence-corrected chi connectivity index (χ0v) is 19.4. The topological polar surface area (TPSA) is 114 Å². The highest BCUT2D eigenvalue weighted by atomic mass is 32.2. The molecule has 192 valence electrons. The minimum absolute atomic E-state index is 0.00997. The van der Waals surface area contributed by atoms with Gasteiger partial charge in [-0.3, -0.25) is 10.0 Å². The maximum absolute atomic E-state index is 14.1. The minimum atomic E-state index is -5.03. The molecule has 1 heterocycles. The summed E-state index contributed by atoms with van der Waals surface area (Å²) in [5, 5.41) is 9.13. The van der Waals surface area contributed by atoms with E-state index in [2.05, 4.69) is 4.74 Å². The third kappa shape index (κ3) is 5.60. The zero-order valence-electron chi connectivity index (χ0n) is 18.6. The SMILES string of the molecule is COc1ccc(S(=O)(=O)N2CCC(c3ccc(OC(F)(F)F)c(F)c3)CC2)c(C(=O)NO)c1OC. The molecule has 2 aromatic rings. The van der Waals surface area contributed by atoms with Crippen molar-refractivity contribution in [2.24, 2.45) is 0 Å². The second kappa shape index (κ2) is 10.3. The zero-order chi connectivity index (χ0) is 26.0. The lowest BCUT2D eigenvalue weighted by Crippen LogP contribution is -2.39. The summed E-state index contributed by atoms with van der Waals surface area (Å²) in [7, 11) is -1.74. The number of carbonyl (C=O) groups is 1. The van der Waals surface area contributed by atoms with Gasteiger partial charge in [0, 0.05) is 13.1 Å². The molecule has 1 amide bonds. The van der Waals surface area contributed by atoms with E-state index in [0.717, 1.165) is 22.5 Å². The Hall–Kier alpha value is -3.10. The summed E-state index contributed by atoms with van der Waals surface area (Å²) < 4.78 is 92.9. The van der Waals surface area contributed by atoms with Crippen molar-refractivity contribution in [3.63, 3.8) is 0 Å². The van der Waals surface area contributed by atoms with E-state index >= 15 is 0 Å². The number of benzene rings is 2. The van der Waals surface area contributed by atoms with Gasteiger partial charge in [-0.15, -0.1) is 13.2 Å². The predicted octanol–water partition coefficient (Wildman–Crippen LogP) is 3.43. The van der Waals surface area contributed by atoms with Crippen LogP contribution in [0.1, 0.15) is 34.7 Å². The number of sulfonamides is 1. The lowest BCUT2D eigenvalue weighted by atomic mass is 9.90. The smallest absolute Gasteiger partial charge is 0.493 e. The molecule has 1 aliphatic heterocycles. The lowest BCUT2D eigenvalue weighted by molar-refractivity contribution is -0.275. The van der Waals surface area contributed by atoms with E-state index in [0.29, 0.717) is 5.56 Å². The van der Waals surface area contributed by atoms with Gasteiger partial charge in [0.25, 0.3) is 5.91 Å². The van der Waals surface area contributed by atoms with Crippen molar-refractivity contribution >= 4 is 15.9 Å². The van der Waals surface area contributed by atoms with Gasteiger partial charge in [0.2, 0.25) is 10.0 Å². The number of rotatable bonds is 7. The molecule has 0 unspecified atom stereocenters. The monoisotopic (exact) mass is 522 g/mol. The van der Waals surface area contributed by atoms with Crippen molar-refractivity contribution < 1.29 is 50.2 Å². The van der Waals surface area contributed by atoms with Gasteiger partial charge in [-0.05, 0) is 48.6 Å². The van der Waals surface area contributed by atoms with Crippen LogP contribution in [0.25, 0.3) is 0 Å². The lowest BCUT2D eigenvalue weighted by Gasteiger charge is -2.32. The van der Waals surface area contributed by atoms with Crippen molar-refractivity contribution in [3.05, 3.63) is 47.3 Å². The first kappa shape index (κ1) is 26.5. The molecular formula is C21H22F4N2O7S. The third-order valence-electron chi connectivity index (χ3n) is 5.56. The Balaban J connectivity index is 1.83. The highest BCUT2D eigenvalue weighted by Gasteiger charge is 2.36. The molecule has 0 atom stereocenters. The molecule has 14 heteroatoms. The van der Waals surface area contributed by atoms with Crippen molar-refractivity contribution in [1.29, 1.82) is 0 Å². The van der Waals surface area contributed by atoms with Crippen LogP contribution < -0.4 is 19.7 Å². The quantitative estimate of drug-likeness (QED) is 0.325. The average Bonchev–Trinajstić information content (AvgIpc) is 2.83. The fraction of sp³-hybridized carbons (Fsp3) is 0.381. The van der Waals surface area contributed by atoms with Crippen molar-refractivity contribution in [3.8, 4) is 17.2 Å². The molecule has 0 saturated carbocycles. The number of hydrogen-bond donors (Lipinski definition) is 2. The summed E-state index contributed by atoms with van der Waals surface area (Å²) >= 11 is 0. The second-order valence-corrected chi connectivity index (χ2v) is 9.44. The van der Waals surface area contributed by atoms with Gasteiger partial charge in [0.1, 0.15) is 5.56 Å². The molecule has 0 aliphatic carbocycles. The molecule has 1 aliphatic rings. The first-order valence-electron chi connectivity index (χ1n) is 10.2. The molecule has 0 radical (unpaired) electrons. The van der Waals surface area contributed by atoms with Gasteiger partial charge in [-0.25, -0.2) is 18.3 Å². The fourth-order valence-electron chi connectivity index (χ4n) is 3.94. The van der Waals surface area contributed by atoms with Gasteiger partial charge >= 0.3 is 6.36 Å². The number of piperidine rings is 1. The number of alkyl halides is 3. The maximum Gasteiger partial charge on any atom is 0.573 e. The van der Waals surface area contributed by atoms with Crippen molar-refractivity contribution in [1.82, 2.24) is 9.79 Å². The first-order chi connectivity index (χ1) is 16.4. The average molecular weight is 522 g/mol. The largest absolute Gasteiger partial charge is 0.573 e. The summed E-state index contributed by atoms with van der Waals surface area (Å²) in [4.78, 5) is 11.9. The molecule has 0 spiro atoms. The van der Waals surface area contributed by atoms with Crippen LogP contribution in [0.5, 0.6) is 17.2 Å².